The Morgan fingerprint density at radius 3 is 2.45 bits per heavy atom. The van der Waals surface area contributed by atoms with Gasteiger partial charge in [0.2, 0.25) is 0 Å². The number of rotatable bonds is 6. The average molecular weight is 537 g/mol. The van der Waals surface area contributed by atoms with Crippen molar-refractivity contribution in [2.24, 2.45) is 11.8 Å². The van der Waals surface area contributed by atoms with E-state index < -0.39 is 5.60 Å². The monoisotopic (exact) mass is 536 g/mol. The molecule has 7 nitrogen and oxygen atoms in total. The molecule has 1 saturated heterocycles. The minimum atomic E-state index is -0.742. The maximum Gasteiger partial charge on any atom is 0.197 e. The van der Waals surface area contributed by atoms with Gasteiger partial charge in [-0.3, -0.25) is 9.47 Å². The van der Waals surface area contributed by atoms with Crippen LogP contribution in [0.3, 0.4) is 0 Å². The van der Waals surface area contributed by atoms with Crippen molar-refractivity contribution in [3.63, 3.8) is 0 Å². The van der Waals surface area contributed by atoms with Gasteiger partial charge in [-0.05, 0) is 73.5 Å². The van der Waals surface area contributed by atoms with E-state index in [0.29, 0.717) is 31.2 Å². The number of aromatic hydroxyl groups is 2. The second-order valence-corrected chi connectivity index (χ2v) is 13.1. The van der Waals surface area contributed by atoms with Crippen LogP contribution in [-0.4, -0.2) is 67.5 Å². The molecule has 1 aliphatic heterocycles. The van der Waals surface area contributed by atoms with E-state index >= 15 is 0 Å². The predicted octanol–water partition coefficient (Wildman–Crippen LogP) is 5.25. The molecule has 2 aromatic heterocycles. The van der Waals surface area contributed by atoms with Gasteiger partial charge in [-0.1, -0.05) is 31.9 Å². The van der Waals surface area contributed by atoms with Gasteiger partial charge in [0.15, 0.2) is 11.8 Å². The molecule has 0 amide bonds. The van der Waals surface area contributed by atoms with Crippen LogP contribution in [0.25, 0.3) is 10.1 Å². The third-order valence-electron chi connectivity index (χ3n) is 10.4. The van der Waals surface area contributed by atoms with Gasteiger partial charge in [-0.2, -0.15) is 4.37 Å². The van der Waals surface area contributed by atoms with Crippen LogP contribution in [0.4, 0.5) is 5.82 Å². The second kappa shape index (κ2) is 9.42. The zero-order chi connectivity index (χ0) is 26.0. The summed E-state index contributed by atoms with van der Waals surface area (Å²) in [4.78, 5) is 5.06. The molecular formula is C30H40N4O3S. The molecule has 3 fully saturated rings. The molecule has 2 bridgehead atoms. The lowest BCUT2D eigenvalue weighted by molar-refractivity contribution is 0.0206. The number of piperazine rings is 1. The molecule has 3 N–H and O–H groups in total. The number of anilines is 1. The topological polar surface area (TPSA) is 85.0 Å². The normalized spacial score (nSPS) is 31.4. The van der Waals surface area contributed by atoms with E-state index in [0.717, 1.165) is 62.5 Å². The van der Waals surface area contributed by atoms with Gasteiger partial charge in [0, 0.05) is 61.7 Å². The molecule has 3 aliphatic carbocycles. The van der Waals surface area contributed by atoms with Gasteiger partial charge in [-0.15, -0.1) is 0 Å². The summed E-state index contributed by atoms with van der Waals surface area (Å²) < 4.78 is 7.81. The van der Waals surface area contributed by atoms with E-state index in [-0.39, 0.29) is 23.6 Å². The number of aliphatic hydroxyl groups is 1. The number of benzene rings is 1. The molecule has 0 spiro atoms. The van der Waals surface area contributed by atoms with Crippen molar-refractivity contribution in [3.8, 4) is 11.8 Å². The van der Waals surface area contributed by atoms with Gasteiger partial charge < -0.3 is 20.2 Å². The van der Waals surface area contributed by atoms with Crippen LogP contribution < -0.4 is 4.90 Å². The molecule has 4 aliphatic rings. The van der Waals surface area contributed by atoms with Gasteiger partial charge in [0.25, 0.3) is 0 Å². The smallest absolute Gasteiger partial charge is 0.197 e. The molecule has 7 rings (SSSR count). The minimum absolute atomic E-state index is 0.0482. The SMILES string of the molecule is CC[C@@]1(O)C[C@@H]2C[C@H]1c1c2c(O)n(C[C@@H]2CCCC[C@H]2CN2CCN(c3nsc4ccccc34)CC2)c1O. The first-order valence-corrected chi connectivity index (χ1v) is 15.4. The molecule has 0 radical (unpaired) electrons. The summed E-state index contributed by atoms with van der Waals surface area (Å²) in [5.74, 6) is 2.73. The Morgan fingerprint density at radius 1 is 0.974 bits per heavy atom. The number of nitrogens with zero attached hydrogens (tertiary/aromatic N) is 4. The Hall–Kier alpha value is -2.29. The van der Waals surface area contributed by atoms with Crippen molar-refractivity contribution in [1.82, 2.24) is 13.8 Å². The van der Waals surface area contributed by atoms with Crippen LogP contribution in [0, 0.1) is 11.8 Å². The van der Waals surface area contributed by atoms with Crippen LogP contribution >= 0.6 is 11.5 Å². The van der Waals surface area contributed by atoms with E-state index in [4.69, 9.17) is 4.37 Å². The number of hydrogen-bond donors (Lipinski definition) is 3. The Kier molecular flexibility index (Phi) is 6.13. The molecular weight excluding hydrogens is 496 g/mol. The Morgan fingerprint density at radius 2 is 1.68 bits per heavy atom. The van der Waals surface area contributed by atoms with Gasteiger partial charge in [-0.25, -0.2) is 0 Å². The maximum atomic E-state index is 11.3. The molecule has 5 atom stereocenters. The number of fused-ring (bicyclic) bond motifs is 6. The fraction of sp³-hybridized carbons (Fsp3) is 0.633. The number of aromatic nitrogens is 2. The number of hydrogen-bond acceptors (Lipinski definition) is 7. The van der Waals surface area contributed by atoms with E-state index in [1.807, 2.05) is 6.92 Å². The zero-order valence-electron chi connectivity index (χ0n) is 22.3. The van der Waals surface area contributed by atoms with Crippen molar-refractivity contribution in [2.75, 3.05) is 37.6 Å². The summed E-state index contributed by atoms with van der Waals surface area (Å²) in [7, 11) is 0. The summed E-state index contributed by atoms with van der Waals surface area (Å²) in [5.41, 5.74) is 1.01. The van der Waals surface area contributed by atoms with E-state index in [2.05, 4.69) is 34.1 Å². The van der Waals surface area contributed by atoms with Crippen LogP contribution in [0.1, 0.15) is 74.8 Å². The fourth-order valence-electron chi connectivity index (χ4n) is 8.28. The highest BCUT2D eigenvalue weighted by Gasteiger charge is 2.56. The first-order chi connectivity index (χ1) is 18.5. The molecule has 38 heavy (non-hydrogen) atoms. The zero-order valence-corrected chi connectivity index (χ0v) is 23.2. The lowest BCUT2D eigenvalue weighted by Gasteiger charge is -2.40. The standard InChI is InChI=1S/C30H40N4O3S/c1-2-30(37)16-21-15-23(30)26-25(21)28(35)34(29(26)36)18-20-8-4-3-7-19(20)17-32-11-13-33(14-12-32)27-22-9-5-6-10-24(22)38-31-27/h5-6,9-10,19-21,23,35-37H,2-4,7-8,11-18H2,1H3/t19-,20-,21-,23-,30+/m0/s1. The van der Waals surface area contributed by atoms with Crippen LogP contribution in [0.2, 0.25) is 0 Å². The summed E-state index contributed by atoms with van der Waals surface area (Å²) in [5, 5.41) is 34.9. The van der Waals surface area contributed by atoms with Crippen molar-refractivity contribution in [3.05, 3.63) is 35.4 Å². The first kappa shape index (κ1) is 24.7. The first-order valence-electron chi connectivity index (χ1n) is 14.6. The predicted molar refractivity (Wildman–Crippen MR) is 151 cm³/mol. The summed E-state index contributed by atoms with van der Waals surface area (Å²) in [6, 6.07) is 8.52. The lowest BCUT2D eigenvalue weighted by Crippen LogP contribution is -2.49. The van der Waals surface area contributed by atoms with Crippen molar-refractivity contribution >= 4 is 27.4 Å². The van der Waals surface area contributed by atoms with Crippen molar-refractivity contribution in [1.29, 1.82) is 0 Å². The van der Waals surface area contributed by atoms with Gasteiger partial charge in [0.05, 0.1) is 10.3 Å². The highest BCUT2D eigenvalue weighted by Crippen LogP contribution is 2.64. The van der Waals surface area contributed by atoms with Gasteiger partial charge >= 0.3 is 0 Å². The Balaban J connectivity index is 1.03. The van der Waals surface area contributed by atoms with E-state index in [1.54, 1.807) is 16.1 Å². The Labute approximate surface area is 228 Å². The molecule has 1 aromatic carbocycles. The second-order valence-electron chi connectivity index (χ2n) is 12.3. The molecule has 3 aromatic rings. The Bertz CT molecular complexity index is 1330. The fourth-order valence-corrected chi connectivity index (χ4v) is 9.07. The van der Waals surface area contributed by atoms with E-state index in [1.165, 1.54) is 29.3 Å². The minimum Gasteiger partial charge on any atom is -0.494 e. The van der Waals surface area contributed by atoms with Crippen LogP contribution in [-0.2, 0) is 6.54 Å². The average Bonchev–Trinajstić information content (AvgIpc) is 3.68. The molecule has 8 heteroatoms. The molecule has 3 heterocycles. The third kappa shape index (κ3) is 3.86. The largest absolute Gasteiger partial charge is 0.494 e. The summed E-state index contributed by atoms with van der Waals surface area (Å²) in [6.07, 6.45) is 7.08. The van der Waals surface area contributed by atoms with Crippen molar-refractivity contribution in [2.45, 2.75) is 75.9 Å². The summed E-state index contributed by atoms with van der Waals surface area (Å²) in [6.45, 7) is 7.87. The maximum absolute atomic E-state index is 11.3. The summed E-state index contributed by atoms with van der Waals surface area (Å²) >= 11 is 1.59. The van der Waals surface area contributed by atoms with E-state index in [9.17, 15) is 15.3 Å². The van der Waals surface area contributed by atoms with Crippen molar-refractivity contribution < 1.29 is 15.3 Å². The highest BCUT2D eigenvalue weighted by molar-refractivity contribution is 7.13. The van der Waals surface area contributed by atoms with Crippen LogP contribution in [0.15, 0.2) is 24.3 Å². The molecule has 2 saturated carbocycles. The highest BCUT2D eigenvalue weighted by atomic mass is 32.1. The molecule has 204 valence electrons. The van der Waals surface area contributed by atoms with Crippen LogP contribution in [0.5, 0.6) is 11.8 Å². The van der Waals surface area contributed by atoms with Gasteiger partial charge in [0.1, 0.15) is 5.82 Å². The quantitative estimate of drug-likeness (QED) is 0.399. The third-order valence-corrected chi connectivity index (χ3v) is 11.2. The lowest BCUT2D eigenvalue weighted by atomic mass is 9.78. The molecule has 0 unspecified atom stereocenters.